The monoisotopic (exact) mass is 455 g/mol. The van der Waals surface area contributed by atoms with Crippen molar-refractivity contribution in [3.8, 4) is 0 Å². The van der Waals surface area contributed by atoms with Crippen molar-refractivity contribution in [2.24, 2.45) is 7.05 Å². The lowest BCUT2D eigenvalue weighted by Gasteiger charge is -2.24. The van der Waals surface area contributed by atoms with E-state index in [0.717, 1.165) is 54.5 Å². The highest BCUT2D eigenvalue weighted by Crippen LogP contribution is 2.32. The van der Waals surface area contributed by atoms with Crippen LogP contribution in [0, 0.1) is 0 Å². The van der Waals surface area contributed by atoms with E-state index >= 15 is 0 Å². The van der Waals surface area contributed by atoms with E-state index in [1.165, 1.54) is 0 Å². The van der Waals surface area contributed by atoms with Gasteiger partial charge in [0.25, 0.3) is 5.91 Å². The van der Waals surface area contributed by atoms with Crippen LogP contribution >= 0.6 is 11.5 Å². The largest absolute Gasteiger partial charge is 0.351 e. The van der Waals surface area contributed by atoms with E-state index < -0.39 is 6.04 Å². The van der Waals surface area contributed by atoms with Crippen molar-refractivity contribution in [1.29, 1.82) is 0 Å². The second kappa shape index (κ2) is 9.68. The second-order valence-corrected chi connectivity index (χ2v) is 9.18. The summed E-state index contributed by atoms with van der Waals surface area (Å²) in [6, 6.07) is 8.96. The van der Waals surface area contributed by atoms with Gasteiger partial charge in [-0.15, -0.1) is 0 Å². The van der Waals surface area contributed by atoms with E-state index in [4.69, 9.17) is 0 Å². The van der Waals surface area contributed by atoms with Gasteiger partial charge >= 0.3 is 4.87 Å². The van der Waals surface area contributed by atoms with Crippen molar-refractivity contribution in [2.75, 3.05) is 0 Å². The first-order chi connectivity index (χ1) is 15.5. The number of hydrogen-bond acceptors (Lipinski definition) is 5. The number of aromatic amines is 1. The van der Waals surface area contributed by atoms with Crippen LogP contribution in [0.1, 0.15) is 67.7 Å². The highest BCUT2D eigenvalue weighted by Gasteiger charge is 2.34. The van der Waals surface area contributed by atoms with Crippen LogP contribution in [-0.2, 0) is 11.8 Å². The first-order valence-electron chi connectivity index (χ1n) is 11.2. The Morgan fingerprint density at radius 1 is 1.31 bits per heavy atom. The number of nitrogens with zero attached hydrogens (tertiary/aromatic N) is 2. The highest BCUT2D eigenvalue weighted by atomic mass is 32.1. The maximum atomic E-state index is 13.2. The molecule has 1 aliphatic rings. The van der Waals surface area contributed by atoms with Crippen LogP contribution in [0.2, 0.25) is 0 Å². The molecule has 2 aromatic heterocycles. The number of fused-ring (bicyclic) bond motifs is 1. The molecule has 170 valence electrons. The highest BCUT2D eigenvalue weighted by molar-refractivity contribution is 7.02. The number of amides is 2. The van der Waals surface area contributed by atoms with Crippen LogP contribution in [0.4, 0.5) is 0 Å². The number of para-hydroxylation sites is 1. The molecule has 0 unspecified atom stereocenters. The number of carbonyl (C=O) groups excluding carboxylic acids is 2. The molecule has 1 aromatic carbocycles. The van der Waals surface area contributed by atoms with Gasteiger partial charge in [0.1, 0.15) is 17.6 Å². The molecule has 0 saturated heterocycles. The minimum absolute atomic E-state index is 0.00130. The van der Waals surface area contributed by atoms with Gasteiger partial charge in [-0.25, -0.2) is 0 Å². The summed E-state index contributed by atoms with van der Waals surface area (Å²) in [7, 11) is 1.86. The average Bonchev–Trinajstić information content (AvgIpc) is 3.50. The lowest BCUT2D eigenvalue weighted by molar-refractivity contribution is -0.124. The summed E-state index contributed by atoms with van der Waals surface area (Å²) < 4.78 is 6.07. The van der Waals surface area contributed by atoms with E-state index in [0.29, 0.717) is 17.9 Å². The number of benzene rings is 1. The van der Waals surface area contributed by atoms with E-state index in [2.05, 4.69) is 26.9 Å². The maximum Gasteiger partial charge on any atom is 0.323 e. The summed E-state index contributed by atoms with van der Waals surface area (Å²) in [5, 5.41) is 7.07. The third kappa shape index (κ3) is 4.62. The summed E-state index contributed by atoms with van der Waals surface area (Å²) >= 11 is 0.905. The summed E-state index contributed by atoms with van der Waals surface area (Å²) in [6.45, 7) is 2.06. The van der Waals surface area contributed by atoms with E-state index in [1.54, 1.807) is 0 Å². The zero-order valence-corrected chi connectivity index (χ0v) is 19.2. The summed E-state index contributed by atoms with van der Waals surface area (Å²) in [5.74, 6) is 0.206. The van der Waals surface area contributed by atoms with Gasteiger partial charge in [0.05, 0.1) is 0 Å². The molecule has 0 radical (unpaired) electrons. The van der Waals surface area contributed by atoms with Crippen LogP contribution in [0.25, 0.3) is 10.9 Å². The Kier molecular flexibility index (Phi) is 6.74. The number of unbranched alkanes of at least 4 members (excludes halogenated alkanes) is 1. The molecule has 0 aliphatic heterocycles. The molecular weight excluding hydrogens is 426 g/mol. The Hall–Kier alpha value is -2.94. The van der Waals surface area contributed by atoms with Crippen LogP contribution < -0.4 is 15.5 Å². The van der Waals surface area contributed by atoms with Gasteiger partial charge in [0.15, 0.2) is 0 Å². The molecule has 1 saturated carbocycles. The standard InChI is InChI=1S/C23H29N5O3S/c1-3-4-10-17(25-22(30)19-13-14-8-5-6-12-18(14)28(19)2)21(29)24-16-11-7-9-15(16)20-26-23(31)32-27-20/h5-6,8,12-13,15-17H,3-4,7,9-11H2,1-2H3,(H,24,29)(H,25,30)(H,26,27,31)/t15-,16+,17+/m1/s1. The van der Waals surface area contributed by atoms with Gasteiger partial charge in [0, 0.05) is 41.4 Å². The lowest BCUT2D eigenvalue weighted by atomic mass is 10.0. The molecule has 3 N–H and O–H groups in total. The molecular formula is C23H29N5O3S. The zero-order chi connectivity index (χ0) is 22.7. The number of nitrogens with one attached hydrogen (secondary N) is 3. The van der Waals surface area contributed by atoms with Gasteiger partial charge < -0.3 is 15.2 Å². The molecule has 2 heterocycles. The molecule has 2 amide bonds. The fourth-order valence-electron chi connectivity index (χ4n) is 4.56. The molecule has 4 rings (SSSR count). The quantitative estimate of drug-likeness (QED) is 0.485. The van der Waals surface area contributed by atoms with Crippen LogP contribution in [0.3, 0.4) is 0 Å². The number of hydrogen-bond donors (Lipinski definition) is 3. The Morgan fingerprint density at radius 2 is 2.12 bits per heavy atom. The van der Waals surface area contributed by atoms with Crippen molar-refractivity contribution in [3.05, 3.63) is 51.5 Å². The molecule has 0 bridgehead atoms. The van der Waals surface area contributed by atoms with Crippen LogP contribution in [0.5, 0.6) is 0 Å². The third-order valence-corrected chi connectivity index (χ3v) is 6.86. The minimum Gasteiger partial charge on any atom is -0.351 e. The summed E-state index contributed by atoms with van der Waals surface area (Å²) in [6.07, 6.45) is 4.99. The minimum atomic E-state index is -0.615. The van der Waals surface area contributed by atoms with Crippen molar-refractivity contribution >= 4 is 34.2 Å². The summed E-state index contributed by atoms with van der Waals surface area (Å²) in [4.78, 5) is 40.4. The number of H-pyrrole nitrogens is 1. The zero-order valence-electron chi connectivity index (χ0n) is 18.4. The van der Waals surface area contributed by atoms with Gasteiger partial charge in [-0.2, -0.15) is 4.37 Å². The van der Waals surface area contributed by atoms with E-state index in [1.807, 2.05) is 41.9 Å². The van der Waals surface area contributed by atoms with Gasteiger partial charge in [-0.3, -0.25) is 19.4 Å². The van der Waals surface area contributed by atoms with Crippen LogP contribution in [-0.4, -0.2) is 37.8 Å². The first kappa shape index (κ1) is 22.3. The molecule has 1 aliphatic carbocycles. The Bertz CT molecular complexity index is 1160. The SMILES string of the molecule is CCCC[C@H](NC(=O)c1cc2ccccc2n1C)C(=O)N[C@H]1CCC[C@H]1c1nsc(=O)[nH]1. The molecule has 3 atom stereocenters. The van der Waals surface area contributed by atoms with E-state index in [-0.39, 0.29) is 28.6 Å². The molecule has 32 heavy (non-hydrogen) atoms. The van der Waals surface area contributed by atoms with Crippen LogP contribution in [0.15, 0.2) is 35.1 Å². The normalized spacial score (nSPS) is 19.2. The van der Waals surface area contributed by atoms with Crippen molar-refractivity contribution in [3.63, 3.8) is 0 Å². The number of aryl methyl sites for hydroxylation is 1. The molecule has 0 spiro atoms. The number of aromatic nitrogens is 3. The van der Waals surface area contributed by atoms with Crippen molar-refractivity contribution < 1.29 is 9.59 Å². The predicted octanol–water partition coefficient (Wildman–Crippen LogP) is 3.06. The fourth-order valence-corrected chi connectivity index (χ4v) is 5.07. The van der Waals surface area contributed by atoms with Crippen molar-refractivity contribution in [2.45, 2.75) is 63.5 Å². The molecule has 8 nitrogen and oxygen atoms in total. The summed E-state index contributed by atoms with van der Waals surface area (Å²) in [5.41, 5.74) is 1.50. The van der Waals surface area contributed by atoms with Gasteiger partial charge in [-0.05, 0) is 31.4 Å². The second-order valence-electron chi connectivity index (χ2n) is 8.45. The molecule has 1 fully saturated rings. The third-order valence-electron chi connectivity index (χ3n) is 6.30. The predicted molar refractivity (Wildman–Crippen MR) is 125 cm³/mol. The Morgan fingerprint density at radius 3 is 2.84 bits per heavy atom. The van der Waals surface area contributed by atoms with E-state index in [9.17, 15) is 14.4 Å². The first-order valence-corrected chi connectivity index (χ1v) is 12.0. The molecule has 9 heteroatoms. The number of rotatable bonds is 8. The van der Waals surface area contributed by atoms with Crippen molar-refractivity contribution in [1.82, 2.24) is 24.6 Å². The smallest absolute Gasteiger partial charge is 0.323 e. The van der Waals surface area contributed by atoms with Gasteiger partial charge in [-0.1, -0.05) is 44.4 Å². The topological polar surface area (TPSA) is 109 Å². The number of carbonyl (C=O) groups is 2. The maximum absolute atomic E-state index is 13.2. The van der Waals surface area contributed by atoms with Gasteiger partial charge in [0.2, 0.25) is 5.91 Å². The lowest BCUT2D eigenvalue weighted by Crippen LogP contribution is -2.50. The average molecular weight is 456 g/mol. The Labute approximate surface area is 190 Å². The fraction of sp³-hybridized carbons (Fsp3) is 0.478. The Balaban J connectivity index is 1.48. The molecule has 3 aromatic rings.